The zero-order valence-corrected chi connectivity index (χ0v) is 22.2. The van der Waals surface area contributed by atoms with Gasteiger partial charge in [0.1, 0.15) is 11.5 Å². The molecule has 1 aliphatic heterocycles. The number of morpholine rings is 1. The van der Waals surface area contributed by atoms with E-state index in [1.165, 1.54) is 6.07 Å². The molecule has 0 spiro atoms. The molecule has 5 rings (SSSR count). The molecule has 202 valence electrons. The highest BCUT2D eigenvalue weighted by atomic mass is 16.5. The Bertz CT molecular complexity index is 1440. The van der Waals surface area contributed by atoms with E-state index in [2.05, 4.69) is 15.4 Å². The lowest BCUT2D eigenvalue weighted by Gasteiger charge is -2.26. The van der Waals surface area contributed by atoms with Gasteiger partial charge in [0, 0.05) is 37.8 Å². The van der Waals surface area contributed by atoms with Crippen molar-refractivity contribution in [3.05, 3.63) is 77.5 Å². The second kappa shape index (κ2) is 11.7. The van der Waals surface area contributed by atoms with E-state index in [1.807, 2.05) is 62.4 Å². The maximum Gasteiger partial charge on any atom is 0.274 e. The molecule has 39 heavy (non-hydrogen) atoms. The van der Waals surface area contributed by atoms with E-state index in [9.17, 15) is 15.0 Å². The number of carbonyl (C=O) groups excluding carboxylic acids is 1. The van der Waals surface area contributed by atoms with Gasteiger partial charge in [0.25, 0.3) is 5.91 Å². The molecule has 0 atom stereocenters. The van der Waals surface area contributed by atoms with Crippen molar-refractivity contribution in [3.63, 3.8) is 0 Å². The molecular weight excluding hydrogens is 494 g/mol. The van der Waals surface area contributed by atoms with Crippen molar-refractivity contribution in [2.75, 3.05) is 32.8 Å². The number of hydrogen-bond acceptors (Lipinski definition) is 7. The predicted octanol–water partition coefficient (Wildman–Crippen LogP) is 5.37. The largest absolute Gasteiger partial charge is 0.507 e. The van der Waals surface area contributed by atoms with Crippen molar-refractivity contribution in [2.45, 2.75) is 26.8 Å². The third kappa shape index (κ3) is 5.82. The summed E-state index contributed by atoms with van der Waals surface area (Å²) in [4.78, 5) is 15.4. The standard InChI is InChI=1S/C31H33N3O5/c1-3-12-32-31(37)29-28(23-10-6-21(7-11-23)19-34-13-15-38-16-14-34)30(39-33-29)25-17-24(26(35)18-27(25)36)22-8-4-20(2)5-9-22/h4-11,17-18,35-36H,3,12-16,19H2,1-2H3,(H,32,37). The topological polar surface area (TPSA) is 108 Å². The number of hydrogen-bond donors (Lipinski definition) is 3. The van der Waals surface area contributed by atoms with Crippen LogP contribution in [0, 0.1) is 6.92 Å². The van der Waals surface area contributed by atoms with Crippen LogP contribution in [-0.2, 0) is 11.3 Å². The summed E-state index contributed by atoms with van der Waals surface area (Å²) >= 11 is 0. The first-order valence-electron chi connectivity index (χ1n) is 13.2. The predicted molar refractivity (Wildman–Crippen MR) is 150 cm³/mol. The fourth-order valence-corrected chi connectivity index (χ4v) is 4.74. The van der Waals surface area contributed by atoms with Crippen LogP contribution in [0.3, 0.4) is 0 Å². The van der Waals surface area contributed by atoms with Crippen LogP contribution in [0.5, 0.6) is 11.5 Å². The van der Waals surface area contributed by atoms with Crippen LogP contribution < -0.4 is 5.32 Å². The SMILES string of the molecule is CCCNC(=O)c1noc(-c2cc(-c3ccc(C)cc3)c(O)cc2O)c1-c1ccc(CN2CCOCC2)cc1. The highest BCUT2D eigenvalue weighted by Crippen LogP contribution is 2.44. The maximum absolute atomic E-state index is 13.1. The minimum atomic E-state index is -0.351. The zero-order valence-electron chi connectivity index (χ0n) is 22.2. The molecular formula is C31H33N3O5. The number of nitrogens with one attached hydrogen (secondary N) is 1. The molecule has 4 aromatic rings. The van der Waals surface area contributed by atoms with Crippen LogP contribution in [-0.4, -0.2) is 59.0 Å². The first-order chi connectivity index (χ1) is 18.9. The average Bonchev–Trinajstić information content (AvgIpc) is 3.38. The summed E-state index contributed by atoms with van der Waals surface area (Å²) in [6, 6.07) is 18.6. The lowest BCUT2D eigenvalue weighted by Crippen LogP contribution is -2.35. The van der Waals surface area contributed by atoms with Gasteiger partial charge >= 0.3 is 0 Å². The van der Waals surface area contributed by atoms with E-state index in [0.717, 1.165) is 61.5 Å². The molecule has 2 heterocycles. The number of aryl methyl sites for hydroxylation is 1. The van der Waals surface area contributed by atoms with Gasteiger partial charge in [-0.15, -0.1) is 0 Å². The first-order valence-corrected chi connectivity index (χ1v) is 13.2. The summed E-state index contributed by atoms with van der Waals surface area (Å²) in [5, 5.41) is 28.5. The Morgan fingerprint density at radius 2 is 1.62 bits per heavy atom. The molecule has 0 bridgehead atoms. The Balaban J connectivity index is 1.57. The number of phenolic OH excluding ortho intramolecular Hbond substituents is 2. The number of nitrogens with zero attached hydrogens (tertiary/aromatic N) is 2. The number of benzene rings is 3. The van der Waals surface area contributed by atoms with Gasteiger partial charge in [-0.05, 0) is 36.1 Å². The molecule has 3 N–H and O–H groups in total. The van der Waals surface area contributed by atoms with Crippen molar-refractivity contribution in [2.24, 2.45) is 0 Å². The number of phenols is 2. The number of aromatic hydroxyl groups is 2. The Labute approximate surface area is 227 Å². The second-order valence-corrected chi connectivity index (χ2v) is 9.83. The quantitative estimate of drug-likeness (QED) is 0.283. The molecule has 3 aromatic carbocycles. The summed E-state index contributed by atoms with van der Waals surface area (Å²) in [6.45, 7) is 8.53. The van der Waals surface area contributed by atoms with Gasteiger partial charge in [-0.1, -0.05) is 66.2 Å². The molecule has 1 aliphatic rings. The number of ether oxygens (including phenoxy) is 1. The molecule has 0 unspecified atom stereocenters. The second-order valence-electron chi connectivity index (χ2n) is 9.83. The molecule has 1 aromatic heterocycles. The molecule has 1 saturated heterocycles. The van der Waals surface area contributed by atoms with Crippen LogP contribution in [0.25, 0.3) is 33.6 Å². The normalized spacial score (nSPS) is 13.9. The third-order valence-electron chi connectivity index (χ3n) is 6.92. The third-order valence-corrected chi connectivity index (χ3v) is 6.92. The number of rotatable bonds is 8. The van der Waals surface area contributed by atoms with Crippen LogP contribution >= 0.6 is 0 Å². The van der Waals surface area contributed by atoms with Gasteiger partial charge in [0.2, 0.25) is 0 Å². The summed E-state index contributed by atoms with van der Waals surface area (Å²) in [6.07, 6.45) is 0.778. The van der Waals surface area contributed by atoms with Crippen molar-refractivity contribution in [3.8, 4) is 45.1 Å². The number of aromatic nitrogens is 1. The molecule has 8 nitrogen and oxygen atoms in total. The van der Waals surface area contributed by atoms with Gasteiger partial charge in [-0.2, -0.15) is 0 Å². The van der Waals surface area contributed by atoms with Gasteiger partial charge < -0.3 is 24.8 Å². The maximum atomic E-state index is 13.1. The molecule has 0 radical (unpaired) electrons. The van der Waals surface area contributed by atoms with Crippen molar-refractivity contribution >= 4 is 5.91 Å². The number of amides is 1. The van der Waals surface area contributed by atoms with E-state index in [1.54, 1.807) is 6.07 Å². The minimum Gasteiger partial charge on any atom is -0.507 e. The van der Waals surface area contributed by atoms with Crippen LogP contribution in [0.15, 0.2) is 65.2 Å². The first kappa shape index (κ1) is 26.5. The lowest BCUT2D eigenvalue weighted by molar-refractivity contribution is 0.0342. The zero-order chi connectivity index (χ0) is 27.4. The Morgan fingerprint density at radius 1 is 0.949 bits per heavy atom. The monoisotopic (exact) mass is 527 g/mol. The smallest absolute Gasteiger partial charge is 0.274 e. The molecule has 0 saturated carbocycles. The van der Waals surface area contributed by atoms with E-state index in [-0.39, 0.29) is 28.9 Å². The van der Waals surface area contributed by atoms with Crippen LogP contribution in [0.4, 0.5) is 0 Å². The average molecular weight is 528 g/mol. The highest BCUT2D eigenvalue weighted by Gasteiger charge is 2.27. The van der Waals surface area contributed by atoms with Crippen LogP contribution in [0.1, 0.15) is 35.0 Å². The van der Waals surface area contributed by atoms with Gasteiger partial charge in [-0.25, -0.2) is 0 Å². The fourth-order valence-electron chi connectivity index (χ4n) is 4.74. The molecule has 0 aliphatic carbocycles. The minimum absolute atomic E-state index is 0.0606. The highest BCUT2D eigenvalue weighted by molar-refractivity contribution is 6.03. The molecule has 8 heteroatoms. The summed E-state index contributed by atoms with van der Waals surface area (Å²) in [7, 11) is 0. The summed E-state index contributed by atoms with van der Waals surface area (Å²) in [5.74, 6) is -0.334. The van der Waals surface area contributed by atoms with Gasteiger partial charge in [0.15, 0.2) is 11.5 Å². The lowest BCUT2D eigenvalue weighted by atomic mass is 9.94. The van der Waals surface area contributed by atoms with Crippen LogP contribution in [0.2, 0.25) is 0 Å². The van der Waals surface area contributed by atoms with Crippen molar-refractivity contribution in [1.29, 1.82) is 0 Å². The van der Waals surface area contributed by atoms with E-state index in [4.69, 9.17) is 9.26 Å². The van der Waals surface area contributed by atoms with E-state index < -0.39 is 0 Å². The summed E-state index contributed by atoms with van der Waals surface area (Å²) in [5.41, 5.74) is 5.25. The van der Waals surface area contributed by atoms with E-state index in [0.29, 0.717) is 23.2 Å². The Hall–Kier alpha value is -4.14. The Morgan fingerprint density at radius 3 is 2.31 bits per heavy atom. The van der Waals surface area contributed by atoms with Crippen molar-refractivity contribution in [1.82, 2.24) is 15.4 Å². The van der Waals surface area contributed by atoms with Crippen molar-refractivity contribution < 1.29 is 24.3 Å². The Kier molecular flexibility index (Phi) is 7.95. The summed E-state index contributed by atoms with van der Waals surface area (Å²) < 4.78 is 11.2. The van der Waals surface area contributed by atoms with Gasteiger partial charge in [0.05, 0.1) is 24.3 Å². The molecule has 1 fully saturated rings. The fraction of sp³-hybridized carbons (Fsp3) is 0.290. The van der Waals surface area contributed by atoms with Gasteiger partial charge in [-0.3, -0.25) is 9.69 Å². The number of carbonyl (C=O) groups is 1. The molecule has 1 amide bonds. The van der Waals surface area contributed by atoms with E-state index >= 15 is 0 Å².